The quantitative estimate of drug-likeness (QED) is 0.877. The maximum absolute atomic E-state index is 12.3. The normalized spacial score (nSPS) is 17.6. The number of nitrogens with one attached hydrogen (secondary N) is 2. The van der Waals surface area contributed by atoms with Crippen LogP contribution in [0.15, 0.2) is 24.5 Å². The predicted molar refractivity (Wildman–Crippen MR) is 83.4 cm³/mol. The van der Waals surface area contributed by atoms with Crippen LogP contribution in [0.1, 0.15) is 42.5 Å². The number of carbonyl (C=O) groups excluding carboxylic acids is 1. The van der Waals surface area contributed by atoms with Crippen molar-refractivity contribution in [3.05, 3.63) is 41.7 Å². The maximum Gasteiger partial charge on any atom is 0.315 e. The number of urea groups is 1. The molecule has 0 bridgehead atoms. The molecule has 7 heteroatoms. The molecule has 1 unspecified atom stereocenters. The second-order valence-electron chi connectivity index (χ2n) is 6.21. The fourth-order valence-corrected chi connectivity index (χ4v) is 3.17. The molecule has 2 amide bonds. The predicted octanol–water partition coefficient (Wildman–Crippen LogP) is 1.57. The molecular weight excluding hydrogens is 292 g/mol. The van der Waals surface area contributed by atoms with Crippen molar-refractivity contribution in [2.24, 2.45) is 5.92 Å². The number of amides is 2. The number of rotatable bonds is 5. The van der Waals surface area contributed by atoms with E-state index >= 15 is 0 Å². The summed E-state index contributed by atoms with van der Waals surface area (Å²) in [6.07, 6.45) is 7.93. The van der Waals surface area contributed by atoms with E-state index in [0.29, 0.717) is 12.5 Å². The molecule has 1 aliphatic carbocycles. The first-order valence-corrected chi connectivity index (χ1v) is 8.16. The third-order valence-corrected chi connectivity index (χ3v) is 4.54. The first-order chi connectivity index (χ1) is 11.3. The zero-order valence-corrected chi connectivity index (χ0v) is 12.9. The summed E-state index contributed by atoms with van der Waals surface area (Å²) in [5, 5.41) is 14.3. The summed E-state index contributed by atoms with van der Waals surface area (Å²) >= 11 is 0. The van der Waals surface area contributed by atoms with Crippen LogP contribution in [-0.4, -0.2) is 25.8 Å². The Balaban J connectivity index is 1.37. The summed E-state index contributed by atoms with van der Waals surface area (Å²) < 4.78 is 2.10. The number of pyridine rings is 1. The molecule has 1 fully saturated rings. The van der Waals surface area contributed by atoms with Crippen LogP contribution >= 0.6 is 0 Å². The van der Waals surface area contributed by atoms with Gasteiger partial charge in [0.2, 0.25) is 0 Å². The average Bonchev–Trinajstić information content (AvgIpc) is 3.18. The van der Waals surface area contributed by atoms with Crippen LogP contribution in [0.3, 0.4) is 0 Å². The number of hydrogen-bond donors (Lipinski definition) is 2. The van der Waals surface area contributed by atoms with Gasteiger partial charge in [-0.3, -0.25) is 4.98 Å². The SMILES string of the molecule is O=C(NCc1nnc2n1CCC2)NC(c1ccncc1)C1CC1. The van der Waals surface area contributed by atoms with Crippen LogP contribution in [0.25, 0.3) is 0 Å². The maximum atomic E-state index is 12.3. The van der Waals surface area contributed by atoms with Crippen LogP contribution in [0.4, 0.5) is 4.79 Å². The van der Waals surface area contributed by atoms with Gasteiger partial charge in [0, 0.05) is 25.4 Å². The Labute approximate surface area is 134 Å². The average molecular weight is 312 g/mol. The summed E-state index contributed by atoms with van der Waals surface area (Å²) in [5.41, 5.74) is 1.11. The molecule has 1 aliphatic heterocycles. The minimum atomic E-state index is -0.158. The lowest BCUT2D eigenvalue weighted by molar-refractivity contribution is 0.234. The molecule has 1 atom stereocenters. The lowest BCUT2D eigenvalue weighted by Crippen LogP contribution is -2.38. The molecular formula is C16H20N6O. The summed E-state index contributed by atoms with van der Waals surface area (Å²) in [6.45, 7) is 1.36. The van der Waals surface area contributed by atoms with Crippen molar-refractivity contribution in [2.45, 2.75) is 44.8 Å². The van der Waals surface area contributed by atoms with E-state index in [-0.39, 0.29) is 12.1 Å². The number of fused-ring (bicyclic) bond motifs is 1. The minimum absolute atomic E-state index is 0.0575. The second-order valence-corrected chi connectivity index (χ2v) is 6.21. The standard InChI is InChI=1S/C16H20N6O/c23-16(18-10-14-21-20-13-2-1-9-22(13)14)19-15(11-3-4-11)12-5-7-17-8-6-12/h5-8,11,15H,1-4,9-10H2,(H2,18,19,23). The molecule has 0 spiro atoms. The molecule has 2 aromatic rings. The molecule has 0 aromatic carbocycles. The minimum Gasteiger partial charge on any atom is -0.331 e. The van der Waals surface area contributed by atoms with Gasteiger partial charge in [-0.25, -0.2) is 4.79 Å². The lowest BCUT2D eigenvalue weighted by atomic mass is 10.0. The third-order valence-electron chi connectivity index (χ3n) is 4.54. The Morgan fingerprint density at radius 1 is 1.30 bits per heavy atom. The Hall–Kier alpha value is -2.44. The van der Waals surface area contributed by atoms with Gasteiger partial charge in [0.05, 0.1) is 12.6 Å². The van der Waals surface area contributed by atoms with E-state index in [4.69, 9.17) is 0 Å². The van der Waals surface area contributed by atoms with Crippen molar-refractivity contribution in [1.82, 2.24) is 30.4 Å². The fraction of sp³-hybridized carbons (Fsp3) is 0.500. The van der Waals surface area contributed by atoms with E-state index in [1.54, 1.807) is 12.4 Å². The van der Waals surface area contributed by atoms with Crippen molar-refractivity contribution >= 4 is 6.03 Å². The molecule has 0 radical (unpaired) electrons. The molecule has 3 heterocycles. The third kappa shape index (κ3) is 3.04. The van der Waals surface area contributed by atoms with Gasteiger partial charge in [0.25, 0.3) is 0 Å². The molecule has 4 rings (SSSR count). The highest BCUT2D eigenvalue weighted by Gasteiger charge is 2.33. The van der Waals surface area contributed by atoms with Crippen LogP contribution < -0.4 is 10.6 Å². The zero-order chi connectivity index (χ0) is 15.6. The zero-order valence-electron chi connectivity index (χ0n) is 12.9. The van der Waals surface area contributed by atoms with E-state index in [0.717, 1.165) is 49.4 Å². The van der Waals surface area contributed by atoms with Crippen molar-refractivity contribution < 1.29 is 4.79 Å². The van der Waals surface area contributed by atoms with Crippen molar-refractivity contribution in [2.75, 3.05) is 0 Å². The van der Waals surface area contributed by atoms with E-state index < -0.39 is 0 Å². The monoisotopic (exact) mass is 312 g/mol. The first-order valence-electron chi connectivity index (χ1n) is 8.16. The van der Waals surface area contributed by atoms with Gasteiger partial charge in [-0.15, -0.1) is 10.2 Å². The highest BCUT2D eigenvalue weighted by molar-refractivity contribution is 5.74. The molecule has 7 nitrogen and oxygen atoms in total. The van der Waals surface area contributed by atoms with Crippen LogP contribution in [-0.2, 0) is 19.5 Å². The van der Waals surface area contributed by atoms with E-state index in [1.807, 2.05) is 12.1 Å². The van der Waals surface area contributed by atoms with Gasteiger partial charge < -0.3 is 15.2 Å². The van der Waals surface area contributed by atoms with E-state index in [9.17, 15) is 4.79 Å². The summed E-state index contributed by atoms with van der Waals surface area (Å²) in [5.74, 6) is 2.38. The molecule has 120 valence electrons. The molecule has 2 N–H and O–H groups in total. The van der Waals surface area contributed by atoms with Crippen LogP contribution in [0, 0.1) is 5.92 Å². The van der Waals surface area contributed by atoms with Crippen molar-refractivity contribution in [3.8, 4) is 0 Å². The fourth-order valence-electron chi connectivity index (χ4n) is 3.17. The van der Waals surface area contributed by atoms with Crippen LogP contribution in [0.5, 0.6) is 0 Å². The smallest absolute Gasteiger partial charge is 0.315 e. The Morgan fingerprint density at radius 2 is 2.13 bits per heavy atom. The number of aryl methyl sites for hydroxylation is 1. The summed E-state index contributed by atoms with van der Waals surface area (Å²) in [7, 11) is 0. The Kier molecular flexibility index (Phi) is 3.69. The largest absolute Gasteiger partial charge is 0.331 e. The summed E-state index contributed by atoms with van der Waals surface area (Å²) in [4.78, 5) is 16.3. The molecule has 23 heavy (non-hydrogen) atoms. The van der Waals surface area contributed by atoms with Crippen molar-refractivity contribution in [3.63, 3.8) is 0 Å². The molecule has 0 saturated heterocycles. The van der Waals surface area contributed by atoms with Gasteiger partial charge in [-0.05, 0) is 42.9 Å². The molecule has 2 aliphatic rings. The van der Waals surface area contributed by atoms with Gasteiger partial charge in [-0.2, -0.15) is 0 Å². The number of carbonyl (C=O) groups is 1. The van der Waals surface area contributed by atoms with Gasteiger partial charge in [0.15, 0.2) is 5.82 Å². The molecule has 2 aromatic heterocycles. The molecule has 1 saturated carbocycles. The highest BCUT2D eigenvalue weighted by Crippen LogP contribution is 2.40. The van der Waals surface area contributed by atoms with Crippen molar-refractivity contribution in [1.29, 1.82) is 0 Å². The lowest BCUT2D eigenvalue weighted by Gasteiger charge is -2.19. The van der Waals surface area contributed by atoms with Gasteiger partial charge >= 0.3 is 6.03 Å². The van der Waals surface area contributed by atoms with E-state index in [1.165, 1.54) is 0 Å². The first kappa shape index (κ1) is 14.2. The Bertz CT molecular complexity index is 694. The van der Waals surface area contributed by atoms with E-state index in [2.05, 4.69) is 30.4 Å². The highest BCUT2D eigenvalue weighted by atomic mass is 16.2. The van der Waals surface area contributed by atoms with Gasteiger partial charge in [0.1, 0.15) is 5.82 Å². The Morgan fingerprint density at radius 3 is 2.91 bits per heavy atom. The van der Waals surface area contributed by atoms with Gasteiger partial charge in [-0.1, -0.05) is 0 Å². The van der Waals surface area contributed by atoms with Crippen LogP contribution in [0.2, 0.25) is 0 Å². The number of nitrogens with zero attached hydrogens (tertiary/aromatic N) is 4. The second kappa shape index (κ2) is 5.98. The number of aromatic nitrogens is 4. The number of hydrogen-bond acceptors (Lipinski definition) is 4. The summed E-state index contributed by atoms with van der Waals surface area (Å²) in [6, 6.07) is 3.83. The topological polar surface area (TPSA) is 84.7 Å².